The molecule has 2 aromatic heterocycles. The summed E-state index contributed by atoms with van der Waals surface area (Å²) in [7, 11) is 0. The Kier molecular flexibility index (Phi) is 5.73. The van der Waals surface area contributed by atoms with Crippen molar-refractivity contribution in [2.45, 2.75) is 43.6 Å². The van der Waals surface area contributed by atoms with Crippen LogP contribution in [0.1, 0.15) is 27.7 Å². The summed E-state index contributed by atoms with van der Waals surface area (Å²) in [6, 6.07) is 8.74. The minimum atomic E-state index is -0.658. The van der Waals surface area contributed by atoms with E-state index in [2.05, 4.69) is 25.7 Å². The van der Waals surface area contributed by atoms with E-state index in [1.165, 1.54) is 6.20 Å². The summed E-state index contributed by atoms with van der Waals surface area (Å²) in [6.07, 6.45) is 1.45. The lowest BCUT2D eigenvalue weighted by molar-refractivity contribution is -0.119. The molecule has 29 heavy (non-hydrogen) atoms. The van der Waals surface area contributed by atoms with Gasteiger partial charge in [-0.2, -0.15) is 5.10 Å². The number of carbonyl (C=O) groups excluding carboxylic acids is 2. The number of fused-ring (bicyclic) bond motifs is 1. The number of aromatic amines is 1. The van der Waals surface area contributed by atoms with Gasteiger partial charge in [0.1, 0.15) is 5.39 Å². The fourth-order valence-corrected chi connectivity index (χ4v) is 3.31. The molecule has 0 fully saturated rings. The van der Waals surface area contributed by atoms with Crippen LogP contribution in [0.25, 0.3) is 16.7 Å². The summed E-state index contributed by atoms with van der Waals surface area (Å²) in [5.41, 5.74) is 0.341. The molecule has 152 valence electrons. The number of imide groups is 1. The molecule has 0 saturated heterocycles. The fourth-order valence-electron chi connectivity index (χ4n) is 2.52. The second-order valence-corrected chi connectivity index (χ2v) is 8.78. The first-order valence-corrected chi connectivity index (χ1v) is 9.85. The van der Waals surface area contributed by atoms with E-state index in [0.717, 1.165) is 17.4 Å². The second-order valence-electron chi connectivity index (χ2n) is 7.45. The number of nitrogens with one attached hydrogen (secondary N) is 3. The van der Waals surface area contributed by atoms with Crippen molar-refractivity contribution in [3.63, 3.8) is 0 Å². The van der Waals surface area contributed by atoms with Gasteiger partial charge in [-0.25, -0.2) is 14.5 Å². The number of carbonyl (C=O) groups is 2. The Bertz CT molecular complexity index is 1100. The van der Waals surface area contributed by atoms with Crippen molar-refractivity contribution in [3.8, 4) is 5.69 Å². The van der Waals surface area contributed by atoms with Gasteiger partial charge < -0.3 is 10.3 Å². The first kappa shape index (κ1) is 20.6. The van der Waals surface area contributed by atoms with Gasteiger partial charge in [-0.05, 0) is 39.8 Å². The summed E-state index contributed by atoms with van der Waals surface area (Å²) >= 11 is 1.05. The number of hydrogen-bond donors (Lipinski definition) is 3. The van der Waals surface area contributed by atoms with Crippen molar-refractivity contribution >= 4 is 34.7 Å². The van der Waals surface area contributed by atoms with Gasteiger partial charge in [0, 0.05) is 5.54 Å². The molecule has 1 aromatic carbocycles. The molecule has 0 aliphatic rings. The molecule has 0 aliphatic carbocycles. The van der Waals surface area contributed by atoms with E-state index in [0.29, 0.717) is 11.0 Å². The zero-order chi connectivity index (χ0) is 21.2. The minimum Gasteiger partial charge on any atom is -0.333 e. The molecule has 3 rings (SSSR count). The zero-order valence-electron chi connectivity index (χ0n) is 16.5. The highest BCUT2D eigenvalue weighted by atomic mass is 32.2. The second kappa shape index (κ2) is 8.08. The van der Waals surface area contributed by atoms with Crippen molar-refractivity contribution in [1.82, 2.24) is 30.4 Å². The van der Waals surface area contributed by atoms with Crippen LogP contribution in [-0.2, 0) is 4.79 Å². The third-order valence-electron chi connectivity index (χ3n) is 3.80. The lowest BCUT2D eigenvalue weighted by atomic mass is 10.1. The van der Waals surface area contributed by atoms with Gasteiger partial charge >= 0.3 is 6.03 Å². The molecule has 3 N–H and O–H groups in total. The van der Waals surface area contributed by atoms with Gasteiger partial charge in [-0.15, -0.1) is 0 Å². The van der Waals surface area contributed by atoms with Crippen LogP contribution in [0.4, 0.5) is 4.79 Å². The fraction of sp³-hybridized carbons (Fsp3) is 0.316. The Morgan fingerprint density at radius 2 is 1.90 bits per heavy atom. The topological polar surface area (TPSA) is 122 Å². The molecule has 9 nitrogen and oxygen atoms in total. The van der Waals surface area contributed by atoms with Crippen LogP contribution in [-0.4, -0.2) is 42.5 Å². The molecule has 10 heteroatoms. The van der Waals surface area contributed by atoms with Crippen molar-refractivity contribution in [3.05, 3.63) is 46.9 Å². The molecule has 0 bridgehead atoms. The third-order valence-corrected chi connectivity index (χ3v) is 4.78. The van der Waals surface area contributed by atoms with Crippen LogP contribution in [0.15, 0.2) is 46.5 Å². The molecular formula is C19H22N6O3S. The Hall–Kier alpha value is -3.14. The van der Waals surface area contributed by atoms with Gasteiger partial charge in [-0.3, -0.25) is 14.9 Å². The van der Waals surface area contributed by atoms with Crippen molar-refractivity contribution in [1.29, 1.82) is 0 Å². The van der Waals surface area contributed by atoms with Crippen molar-refractivity contribution in [2.75, 3.05) is 0 Å². The van der Waals surface area contributed by atoms with Gasteiger partial charge in [0.25, 0.3) is 5.56 Å². The molecule has 3 aromatic rings. The lowest BCUT2D eigenvalue weighted by Gasteiger charge is -2.21. The minimum absolute atomic E-state index is 0.263. The third kappa shape index (κ3) is 5.02. The average molecular weight is 414 g/mol. The maximum Gasteiger partial charge on any atom is 0.321 e. The summed E-state index contributed by atoms with van der Waals surface area (Å²) in [5.74, 6) is -0.490. The Balaban J connectivity index is 1.80. The number of H-pyrrole nitrogens is 1. The van der Waals surface area contributed by atoms with E-state index in [-0.39, 0.29) is 10.7 Å². The quantitative estimate of drug-likeness (QED) is 0.444. The van der Waals surface area contributed by atoms with Crippen LogP contribution in [0.3, 0.4) is 0 Å². The van der Waals surface area contributed by atoms with E-state index >= 15 is 0 Å². The summed E-state index contributed by atoms with van der Waals surface area (Å²) in [5, 5.41) is 9.15. The number of benzene rings is 1. The monoisotopic (exact) mass is 414 g/mol. The predicted molar refractivity (Wildman–Crippen MR) is 111 cm³/mol. The van der Waals surface area contributed by atoms with Crippen molar-refractivity contribution < 1.29 is 9.59 Å². The molecule has 1 unspecified atom stereocenters. The molecule has 0 spiro atoms. The van der Waals surface area contributed by atoms with Crippen LogP contribution in [0.2, 0.25) is 0 Å². The highest BCUT2D eigenvalue weighted by Crippen LogP contribution is 2.21. The molecule has 3 amide bonds. The maximum atomic E-state index is 12.4. The number of rotatable bonds is 4. The summed E-state index contributed by atoms with van der Waals surface area (Å²) < 4.78 is 1.57. The van der Waals surface area contributed by atoms with E-state index in [1.54, 1.807) is 11.6 Å². The Labute approximate surface area is 171 Å². The number of hydrogen-bond acceptors (Lipinski definition) is 6. The molecule has 0 aliphatic heterocycles. The number of aromatic nitrogens is 4. The molecule has 2 heterocycles. The first-order chi connectivity index (χ1) is 13.6. The lowest BCUT2D eigenvalue weighted by Crippen LogP contribution is -2.49. The molecule has 0 saturated carbocycles. The largest absolute Gasteiger partial charge is 0.333 e. The SMILES string of the molecule is CC(Sc1nc2c(cnn2-c2ccccc2)c(=O)[nH]1)C(=O)NC(=O)NC(C)(C)C. The highest BCUT2D eigenvalue weighted by molar-refractivity contribution is 8.00. The predicted octanol–water partition coefficient (Wildman–Crippen LogP) is 2.21. The van der Waals surface area contributed by atoms with Gasteiger partial charge in [0.2, 0.25) is 5.91 Å². The summed E-state index contributed by atoms with van der Waals surface area (Å²) in [6.45, 7) is 7.07. The van der Waals surface area contributed by atoms with Crippen molar-refractivity contribution in [2.24, 2.45) is 0 Å². The van der Waals surface area contributed by atoms with Crippen LogP contribution in [0, 0.1) is 0 Å². The maximum absolute atomic E-state index is 12.4. The Morgan fingerprint density at radius 3 is 2.55 bits per heavy atom. The first-order valence-electron chi connectivity index (χ1n) is 8.97. The standard InChI is InChI=1S/C19H22N6O3S/c1-11(15(26)22-17(28)24-19(2,3)4)29-18-21-14-13(16(27)23-18)10-20-25(14)12-8-6-5-7-9-12/h5-11H,1-4H3,(H,21,23,27)(H2,22,24,26,28). The van der Waals surface area contributed by atoms with E-state index < -0.39 is 22.7 Å². The molecule has 0 radical (unpaired) electrons. The zero-order valence-corrected chi connectivity index (χ0v) is 17.3. The van der Waals surface area contributed by atoms with E-state index in [4.69, 9.17) is 0 Å². The van der Waals surface area contributed by atoms with Crippen LogP contribution >= 0.6 is 11.8 Å². The smallest absolute Gasteiger partial charge is 0.321 e. The van der Waals surface area contributed by atoms with Gasteiger partial charge in [0.15, 0.2) is 10.8 Å². The number of thioether (sulfide) groups is 1. The van der Waals surface area contributed by atoms with E-state index in [1.807, 2.05) is 51.1 Å². The van der Waals surface area contributed by atoms with Crippen LogP contribution in [0.5, 0.6) is 0 Å². The van der Waals surface area contributed by atoms with Crippen LogP contribution < -0.4 is 16.2 Å². The Morgan fingerprint density at radius 1 is 1.21 bits per heavy atom. The summed E-state index contributed by atoms with van der Waals surface area (Å²) in [4.78, 5) is 43.7. The number of urea groups is 1. The highest BCUT2D eigenvalue weighted by Gasteiger charge is 2.21. The van der Waals surface area contributed by atoms with Gasteiger partial charge in [-0.1, -0.05) is 30.0 Å². The number of amides is 3. The normalized spacial score (nSPS) is 12.6. The molecular weight excluding hydrogens is 392 g/mol. The average Bonchev–Trinajstić information content (AvgIpc) is 3.05. The van der Waals surface area contributed by atoms with Gasteiger partial charge in [0.05, 0.1) is 17.1 Å². The molecule has 1 atom stereocenters. The number of nitrogens with zero attached hydrogens (tertiary/aromatic N) is 3. The van der Waals surface area contributed by atoms with E-state index in [9.17, 15) is 14.4 Å². The number of para-hydroxylation sites is 1.